The first kappa shape index (κ1) is 22.7. The summed E-state index contributed by atoms with van der Waals surface area (Å²) in [7, 11) is 0. The van der Waals surface area contributed by atoms with Gasteiger partial charge in [-0.05, 0) is 46.0 Å². The molecule has 1 atom stereocenters. The van der Waals surface area contributed by atoms with Gasteiger partial charge in [0.15, 0.2) is 0 Å². The molecule has 5 aromatic rings. The van der Waals surface area contributed by atoms with Crippen molar-refractivity contribution in [2.24, 2.45) is 0 Å². The molecule has 6 heteroatoms. The Morgan fingerprint density at radius 3 is 2.19 bits per heavy atom. The Morgan fingerprint density at radius 2 is 1.51 bits per heavy atom. The van der Waals surface area contributed by atoms with Crippen LogP contribution >= 0.6 is 0 Å². The number of fused-ring (bicyclic) bond motifs is 4. The molecule has 1 amide bonds. The van der Waals surface area contributed by atoms with Gasteiger partial charge in [-0.1, -0.05) is 78.9 Å². The average molecular weight is 488 g/mol. The normalized spacial score (nSPS) is 13.2. The highest BCUT2D eigenvalue weighted by Crippen LogP contribution is 2.46. The number of carbonyl (C=O) groups excluding carboxylic acids is 1. The monoisotopic (exact) mass is 487 g/mol. The Balaban J connectivity index is 1.24. The molecule has 1 aliphatic rings. The topological polar surface area (TPSA) is 84.2 Å². The van der Waals surface area contributed by atoms with Gasteiger partial charge in [0, 0.05) is 18.0 Å². The maximum atomic E-state index is 13.1. The highest BCUT2D eigenvalue weighted by Gasteiger charge is 2.29. The van der Waals surface area contributed by atoms with Crippen molar-refractivity contribution < 1.29 is 14.7 Å². The van der Waals surface area contributed by atoms with Crippen LogP contribution < -0.4 is 5.32 Å². The van der Waals surface area contributed by atoms with Gasteiger partial charge in [-0.25, -0.2) is 4.98 Å². The summed E-state index contributed by atoms with van der Waals surface area (Å²) in [6, 6.07) is 31.3. The standard InChI is InChI=1S/C31H25N3O3/c35-30(17-26-24-12-6-4-10-22(24)23-11-5-7-13-25(23)26)33-21-14-15-28-27(16-21)32-19-34(28)29(18-31(36)37)20-8-2-1-3-9-20/h1-16,19,26,29H,17-18H2,(H,33,35)(H,36,37). The highest BCUT2D eigenvalue weighted by atomic mass is 16.4. The van der Waals surface area contributed by atoms with Crippen molar-refractivity contribution >= 4 is 28.6 Å². The summed E-state index contributed by atoms with van der Waals surface area (Å²) in [6.07, 6.45) is 1.96. The summed E-state index contributed by atoms with van der Waals surface area (Å²) in [6.45, 7) is 0. The van der Waals surface area contributed by atoms with E-state index in [-0.39, 0.29) is 24.3 Å². The SMILES string of the molecule is O=C(O)CC(c1ccccc1)n1cnc2cc(NC(=O)CC3c4ccccc4-c4ccccc43)ccc21. The molecule has 37 heavy (non-hydrogen) atoms. The van der Waals surface area contributed by atoms with Crippen molar-refractivity contribution in [3.05, 3.63) is 120 Å². The number of anilines is 1. The fourth-order valence-electron chi connectivity index (χ4n) is 5.45. The average Bonchev–Trinajstić information content (AvgIpc) is 3.47. The predicted octanol–water partition coefficient (Wildman–Crippen LogP) is 6.24. The van der Waals surface area contributed by atoms with Crippen molar-refractivity contribution in [3.8, 4) is 11.1 Å². The number of aliphatic carboxylic acids is 1. The van der Waals surface area contributed by atoms with Crippen LogP contribution in [-0.4, -0.2) is 26.5 Å². The lowest BCUT2D eigenvalue weighted by Gasteiger charge is -2.18. The molecular weight excluding hydrogens is 462 g/mol. The van der Waals surface area contributed by atoms with Crippen molar-refractivity contribution in [1.29, 1.82) is 0 Å². The van der Waals surface area contributed by atoms with E-state index in [9.17, 15) is 14.7 Å². The zero-order valence-electron chi connectivity index (χ0n) is 20.0. The number of carbonyl (C=O) groups is 2. The number of hydrogen-bond acceptors (Lipinski definition) is 3. The number of nitrogens with one attached hydrogen (secondary N) is 1. The van der Waals surface area contributed by atoms with E-state index in [4.69, 9.17) is 0 Å². The summed E-state index contributed by atoms with van der Waals surface area (Å²) < 4.78 is 1.89. The Kier molecular flexibility index (Phi) is 5.77. The molecule has 6 nitrogen and oxygen atoms in total. The number of nitrogens with zero attached hydrogens (tertiary/aromatic N) is 2. The number of carboxylic acids is 1. The van der Waals surface area contributed by atoms with Gasteiger partial charge in [0.05, 0.1) is 29.8 Å². The summed E-state index contributed by atoms with van der Waals surface area (Å²) >= 11 is 0. The lowest BCUT2D eigenvalue weighted by molar-refractivity contribution is -0.137. The van der Waals surface area contributed by atoms with Crippen molar-refractivity contribution in [1.82, 2.24) is 9.55 Å². The lowest BCUT2D eigenvalue weighted by Crippen LogP contribution is -2.15. The van der Waals surface area contributed by atoms with Crippen LogP contribution in [0.4, 0.5) is 5.69 Å². The van der Waals surface area contributed by atoms with E-state index in [0.29, 0.717) is 17.6 Å². The number of aromatic nitrogens is 2. The molecule has 0 bridgehead atoms. The molecule has 0 radical (unpaired) electrons. The molecule has 1 aromatic heterocycles. The lowest BCUT2D eigenvalue weighted by atomic mass is 9.93. The number of amides is 1. The predicted molar refractivity (Wildman–Crippen MR) is 144 cm³/mol. The number of benzene rings is 4. The van der Waals surface area contributed by atoms with E-state index in [1.165, 1.54) is 22.3 Å². The zero-order valence-corrected chi connectivity index (χ0v) is 20.0. The minimum Gasteiger partial charge on any atom is -0.481 e. The molecule has 6 rings (SSSR count). The maximum absolute atomic E-state index is 13.1. The fraction of sp³-hybridized carbons (Fsp3) is 0.129. The third kappa shape index (κ3) is 4.27. The van der Waals surface area contributed by atoms with Gasteiger partial charge in [-0.15, -0.1) is 0 Å². The summed E-state index contributed by atoms with van der Waals surface area (Å²) in [5.74, 6) is -0.934. The van der Waals surface area contributed by atoms with Crippen LogP contribution in [0.1, 0.15) is 41.5 Å². The summed E-state index contributed by atoms with van der Waals surface area (Å²) in [5, 5.41) is 12.6. The van der Waals surface area contributed by atoms with Crippen molar-refractivity contribution in [3.63, 3.8) is 0 Å². The molecule has 0 saturated heterocycles. The Morgan fingerprint density at radius 1 is 0.865 bits per heavy atom. The summed E-state index contributed by atoms with van der Waals surface area (Å²) in [5.41, 5.74) is 7.81. The second kappa shape index (κ2) is 9.39. The van der Waals surface area contributed by atoms with Crippen LogP contribution in [0.5, 0.6) is 0 Å². The third-order valence-electron chi connectivity index (χ3n) is 7.10. The Bertz CT molecular complexity index is 1580. The second-order valence-corrected chi connectivity index (χ2v) is 9.36. The first-order valence-corrected chi connectivity index (χ1v) is 12.3. The van der Waals surface area contributed by atoms with Crippen LogP contribution in [0, 0.1) is 0 Å². The Labute approximate surface area is 214 Å². The molecule has 0 saturated carbocycles. The highest BCUT2D eigenvalue weighted by molar-refractivity contribution is 5.95. The number of rotatable bonds is 7. The van der Waals surface area contributed by atoms with Gasteiger partial charge in [-0.3, -0.25) is 9.59 Å². The second-order valence-electron chi connectivity index (χ2n) is 9.36. The molecule has 4 aromatic carbocycles. The van der Waals surface area contributed by atoms with E-state index in [0.717, 1.165) is 11.1 Å². The summed E-state index contributed by atoms with van der Waals surface area (Å²) in [4.78, 5) is 29.3. The smallest absolute Gasteiger partial charge is 0.305 e. The molecule has 0 spiro atoms. The molecule has 1 heterocycles. The first-order chi connectivity index (χ1) is 18.1. The van der Waals surface area contributed by atoms with Crippen molar-refractivity contribution in [2.45, 2.75) is 24.8 Å². The largest absolute Gasteiger partial charge is 0.481 e. The fourth-order valence-corrected chi connectivity index (χ4v) is 5.45. The van der Waals surface area contributed by atoms with E-state index >= 15 is 0 Å². The minimum absolute atomic E-state index is 0.0120. The number of imidazole rings is 1. The van der Waals surface area contributed by atoms with E-state index < -0.39 is 5.97 Å². The quantitative estimate of drug-likeness (QED) is 0.285. The van der Waals surface area contributed by atoms with E-state index in [1.54, 1.807) is 6.33 Å². The minimum atomic E-state index is -0.880. The maximum Gasteiger partial charge on any atom is 0.305 e. The van der Waals surface area contributed by atoms with Gasteiger partial charge in [0.2, 0.25) is 5.91 Å². The third-order valence-corrected chi connectivity index (χ3v) is 7.10. The molecule has 2 N–H and O–H groups in total. The molecule has 1 unspecified atom stereocenters. The van der Waals surface area contributed by atoms with Crippen molar-refractivity contribution in [2.75, 3.05) is 5.32 Å². The number of hydrogen-bond donors (Lipinski definition) is 2. The van der Waals surface area contributed by atoms with Gasteiger partial charge >= 0.3 is 5.97 Å². The van der Waals surface area contributed by atoms with Crippen LogP contribution in [0.2, 0.25) is 0 Å². The molecule has 1 aliphatic carbocycles. The molecular formula is C31H25N3O3. The first-order valence-electron chi connectivity index (χ1n) is 12.3. The zero-order chi connectivity index (χ0) is 25.4. The van der Waals surface area contributed by atoms with Crippen LogP contribution in [0.25, 0.3) is 22.2 Å². The van der Waals surface area contributed by atoms with E-state index in [2.05, 4.69) is 34.6 Å². The molecule has 182 valence electrons. The van der Waals surface area contributed by atoms with Gasteiger partial charge < -0.3 is 15.0 Å². The van der Waals surface area contributed by atoms with Crippen LogP contribution in [0.3, 0.4) is 0 Å². The number of carboxylic acid groups (broad SMARTS) is 1. The van der Waals surface area contributed by atoms with Gasteiger partial charge in [-0.2, -0.15) is 0 Å². The van der Waals surface area contributed by atoms with Gasteiger partial charge in [0.1, 0.15) is 0 Å². The molecule has 0 fully saturated rings. The Hall–Kier alpha value is -4.71. The van der Waals surface area contributed by atoms with E-state index in [1.807, 2.05) is 77.4 Å². The van der Waals surface area contributed by atoms with Crippen LogP contribution in [0.15, 0.2) is 103 Å². The van der Waals surface area contributed by atoms with Crippen LogP contribution in [-0.2, 0) is 9.59 Å². The van der Waals surface area contributed by atoms with Gasteiger partial charge in [0.25, 0.3) is 0 Å². The molecule has 0 aliphatic heterocycles.